The molecule has 6 heteroatoms. The van der Waals surface area contributed by atoms with Crippen molar-refractivity contribution in [3.8, 4) is 0 Å². The van der Waals surface area contributed by atoms with Crippen LogP contribution < -0.4 is 5.32 Å². The minimum Gasteiger partial charge on any atom is -0.356 e. The molecule has 0 aromatic heterocycles. The number of piperazine rings is 1. The van der Waals surface area contributed by atoms with E-state index >= 15 is 0 Å². The molecule has 3 fully saturated rings. The lowest BCUT2D eigenvalue weighted by Gasteiger charge is -2.39. The monoisotopic (exact) mass is 321 g/mol. The number of rotatable bonds is 4. The number of guanidine groups is 1. The highest BCUT2D eigenvalue weighted by molar-refractivity contribution is 5.82. The molecule has 0 aromatic rings. The molecule has 0 aromatic carbocycles. The molecule has 0 radical (unpaired) electrons. The number of aliphatic imine (C=N–C) groups is 1. The Morgan fingerprint density at radius 3 is 2.30 bits per heavy atom. The molecule has 1 unspecified atom stereocenters. The maximum absolute atomic E-state index is 12.5. The van der Waals surface area contributed by atoms with Crippen LogP contribution in [-0.4, -0.2) is 85.5 Å². The number of carbonyl (C=O) groups excluding carboxylic acids is 1. The van der Waals surface area contributed by atoms with Crippen molar-refractivity contribution in [1.29, 1.82) is 0 Å². The van der Waals surface area contributed by atoms with E-state index in [9.17, 15) is 4.79 Å². The predicted octanol–water partition coefficient (Wildman–Crippen LogP) is 0.600. The number of hydrogen-bond donors (Lipinski definition) is 1. The van der Waals surface area contributed by atoms with Gasteiger partial charge in [0.2, 0.25) is 5.91 Å². The van der Waals surface area contributed by atoms with Gasteiger partial charge in [-0.3, -0.25) is 14.7 Å². The van der Waals surface area contributed by atoms with Crippen molar-refractivity contribution in [2.24, 2.45) is 10.9 Å². The van der Waals surface area contributed by atoms with Crippen LogP contribution in [-0.2, 0) is 4.79 Å². The molecule has 0 bridgehead atoms. The average molecular weight is 321 g/mol. The van der Waals surface area contributed by atoms with Crippen LogP contribution in [0.25, 0.3) is 0 Å². The van der Waals surface area contributed by atoms with Crippen molar-refractivity contribution in [1.82, 2.24) is 20.0 Å². The van der Waals surface area contributed by atoms with Crippen LogP contribution >= 0.6 is 0 Å². The molecule has 1 aliphatic carbocycles. The van der Waals surface area contributed by atoms with Crippen LogP contribution in [0.3, 0.4) is 0 Å². The molecule has 3 rings (SSSR count). The van der Waals surface area contributed by atoms with Gasteiger partial charge in [-0.1, -0.05) is 0 Å². The highest BCUT2D eigenvalue weighted by atomic mass is 16.2. The van der Waals surface area contributed by atoms with Gasteiger partial charge in [-0.05, 0) is 38.5 Å². The maximum atomic E-state index is 12.5. The fourth-order valence-electron chi connectivity index (χ4n) is 3.57. The number of likely N-dealkylation sites (tertiary alicyclic amines) is 1. The third kappa shape index (κ3) is 4.16. The van der Waals surface area contributed by atoms with Crippen molar-refractivity contribution in [3.63, 3.8) is 0 Å². The summed E-state index contributed by atoms with van der Waals surface area (Å²) in [7, 11) is 1.86. The van der Waals surface area contributed by atoms with Gasteiger partial charge in [0.1, 0.15) is 0 Å². The number of nitrogens with one attached hydrogen (secondary N) is 1. The maximum Gasteiger partial charge on any atom is 0.239 e. The van der Waals surface area contributed by atoms with E-state index in [-0.39, 0.29) is 6.04 Å². The molecule has 1 N–H and O–H groups in total. The normalized spacial score (nSPS) is 24.9. The van der Waals surface area contributed by atoms with Crippen molar-refractivity contribution in [2.45, 2.75) is 38.6 Å². The minimum absolute atomic E-state index is 0.0108. The predicted molar refractivity (Wildman–Crippen MR) is 92.5 cm³/mol. The van der Waals surface area contributed by atoms with Crippen LogP contribution in [0.1, 0.15) is 32.6 Å². The van der Waals surface area contributed by atoms with Gasteiger partial charge in [-0.25, -0.2) is 0 Å². The van der Waals surface area contributed by atoms with Crippen LogP contribution in [0.4, 0.5) is 0 Å². The highest BCUT2D eigenvalue weighted by Crippen LogP contribution is 2.27. The van der Waals surface area contributed by atoms with E-state index in [4.69, 9.17) is 0 Å². The Morgan fingerprint density at radius 1 is 1.09 bits per heavy atom. The lowest BCUT2D eigenvalue weighted by molar-refractivity contribution is -0.135. The SMILES string of the molecule is CN=C(NCC1CC1)N1CCN(C(C)C(=O)N2CCCC2)CC1. The Balaban J connectivity index is 1.45. The third-order valence-corrected chi connectivity index (χ3v) is 5.39. The molecule has 0 spiro atoms. The zero-order chi connectivity index (χ0) is 16.2. The summed E-state index contributed by atoms with van der Waals surface area (Å²) in [4.78, 5) is 23.6. The zero-order valence-corrected chi connectivity index (χ0v) is 14.6. The van der Waals surface area contributed by atoms with E-state index < -0.39 is 0 Å². The van der Waals surface area contributed by atoms with Gasteiger partial charge in [0.15, 0.2) is 5.96 Å². The molecule has 2 heterocycles. The third-order valence-electron chi connectivity index (χ3n) is 5.39. The van der Waals surface area contributed by atoms with Gasteiger partial charge in [0, 0.05) is 52.9 Å². The van der Waals surface area contributed by atoms with E-state index in [1.165, 1.54) is 12.8 Å². The van der Waals surface area contributed by atoms with Gasteiger partial charge in [0.25, 0.3) is 0 Å². The molecule has 3 aliphatic rings. The molecular formula is C17H31N5O. The van der Waals surface area contributed by atoms with E-state index in [1.54, 1.807) is 0 Å². The lowest BCUT2D eigenvalue weighted by Crippen LogP contribution is -2.57. The Morgan fingerprint density at radius 2 is 1.74 bits per heavy atom. The van der Waals surface area contributed by atoms with Crippen molar-refractivity contribution < 1.29 is 4.79 Å². The summed E-state index contributed by atoms with van der Waals surface area (Å²) >= 11 is 0. The standard InChI is InChI=1S/C17H31N5O/c1-14(16(23)21-7-3-4-8-21)20-9-11-22(12-10-20)17(18-2)19-13-15-5-6-15/h14-15H,3-13H2,1-2H3,(H,18,19). The molecule has 1 atom stereocenters. The summed E-state index contributed by atoms with van der Waals surface area (Å²) in [5.41, 5.74) is 0. The Labute approximate surface area is 139 Å². The van der Waals surface area contributed by atoms with Crippen LogP contribution in [0.2, 0.25) is 0 Å². The molecule has 130 valence electrons. The molecule has 1 amide bonds. The minimum atomic E-state index is 0.0108. The second-order valence-corrected chi connectivity index (χ2v) is 7.10. The second kappa shape index (κ2) is 7.51. The summed E-state index contributed by atoms with van der Waals surface area (Å²) in [6, 6.07) is 0.0108. The van der Waals surface area contributed by atoms with E-state index in [0.717, 1.165) is 70.5 Å². The summed E-state index contributed by atoms with van der Waals surface area (Å²) < 4.78 is 0. The number of hydrogen-bond acceptors (Lipinski definition) is 3. The van der Waals surface area contributed by atoms with E-state index in [2.05, 4.69) is 27.0 Å². The van der Waals surface area contributed by atoms with E-state index in [1.807, 2.05) is 11.9 Å². The number of carbonyl (C=O) groups is 1. The molecule has 2 saturated heterocycles. The fourth-order valence-corrected chi connectivity index (χ4v) is 3.57. The topological polar surface area (TPSA) is 51.2 Å². The van der Waals surface area contributed by atoms with Crippen LogP contribution in [0, 0.1) is 5.92 Å². The summed E-state index contributed by atoms with van der Waals surface area (Å²) in [5, 5.41) is 3.49. The quantitative estimate of drug-likeness (QED) is 0.609. The molecule has 2 aliphatic heterocycles. The first kappa shape index (κ1) is 16.6. The number of nitrogens with zero attached hydrogens (tertiary/aromatic N) is 4. The molecule has 23 heavy (non-hydrogen) atoms. The highest BCUT2D eigenvalue weighted by Gasteiger charge is 2.30. The summed E-state index contributed by atoms with van der Waals surface area (Å²) in [6.45, 7) is 8.77. The number of amides is 1. The Hall–Kier alpha value is -1.30. The van der Waals surface area contributed by atoms with Crippen molar-refractivity contribution >= 4 is 11.9 Å². The van der Waals surface area contributed by atoms with Gasteiger partial charge in [0.05, 0.1) is 6.04 Å². The van der Waals surface area contributed by atoms with E-state index in [0.29, 0.717) is 5.91 Å². The van der Waals surface area contributed by atoms with Gasteiger partial charge in [-0.15, -0.1) is 0 Å². The van der Waals surface area contributed by atoms with Crippen molar-refractivity contribution in [2.75, 3.05) is 52.9 Å². The van der Waals surface area contributed by atoms with Gasteiger partial charge in [-0.2, -0.15) is 0 Å². The van der Waals surface area contributed by atoms with Gasteiger partial charge < -0.3 is 15.1 Å². The average Bonchev–Trinajstić information content (AvgIpc) is 3.25. The first-order valence-corrected chi connectivity index (χ1v) is 9.17. The summed E-state index contributed by atoms with van der Waals surface area (Å²) in [5.74, 6) is 2.19. The van der Waals surface area contributed by atoms with Gasteiger partial charge >= 0.3 is 0 Å². The lowest BCUT2D eigenvalue weighted by atomic mass is 10.2. The zero-order valence-electron chi connectivity index (χ0n) is 14.6. The first-order chi connectivity index (χ1) is 11.2. The Bertz CT molecular complexity index is 434. The molecule has 1 saturated carbocycles. The second-order valence-electron chi connectivity index (χ2n) is 7.10. The van der Waals surface area contributed by atoms with Crippen molar-refractivity contribution in [3.05, 3.63) is 0 Å². The van der Waals surface area contributed by atoms with Crippen LogP contribution in [0.15, 0.2) is 4.99 Å². The first-order valence-electron chi connectivity index (χ1n) is 9.17. The smallest absolute Gasteiger partial charge is 0.239 e. The van der Waals surface area contributed by atoms with Crippen LogP contribution in [0.5, 0.6) is 0 Å². The molecule has 6 nitrogen and oxygen atoms in total. The Kier molecular flexibility index (Phi) is 5.41. The fraction of sp³-hybridized carbons (Fsp3) is 0.882. The molecular weight excluding hydrogens is 290 g/mol. The largest absolute Gasteiger partial charge is 0.356 e. The summed E-state index contributed by atoms with van der Waals surface area (Å²) in [6.07, 6.45) is 5.03.